The van der Waals surface area contributed by atoms with Crippen molar-refractivity contribution < 1.29 is 86.7 Å². The number of aliphatic hydroxyl groups excluding tert-OH is 3. The fourth-order valence-corrected chi connectivity index (χ4v) is 15.7. The number of carbonyl (C=O) groups is 6. The molecule has 0 radical (unpaired) electrons. The summed E-state index contributed by atoms with van der Waals surface area (Å²) in [6.45, 7) is 14.8. The fraction of sp³-hybridized carbons (Fsp3) is 0.582. The third-order valence-corrected chi connectivity index (χ3v) is 20.1. The molecule has 6 aliphatic carbocycles. The lowest BCUT2D eigenvalue weighted by molar-refractivity contribution is -0.180. The molecule has 4 unspecified atom stereocenters. The second-order valence-electron chi connectivity index (χ2n) is 25.2. The number of hydrogen-bond donors (Lipinski definition) is 4. The van der Waals surface area contributed by atoms with Gasteiger partial charge in [-0.25, -0.2) is 24.0 Å². The highest BCUT2D eigenvalue weighted by molar-refractivity contribution is 6.32. The fourth-order valence-electron chi connectivity index (χ4n) is 15.7. The molecule has 0 aromatic heterocycles. The molecule has 464 valence electrons. The molecule has 2 saturated carbocycles. The number of amides is 1. The van der Waals surface area contributed by atoms with E-state index in [2.05, 4.69) is 17.5 Å². The lowest BCUT2D eigenvalue weighted by Gasteiger charge is -2.49. The van der Waals surface area contributed by atoms with Gasteiger partial charge in [0.15, 0.2) is 12.2 Å². The van der Waals surface area contributed by atoms with Gasteiger partial charge in [-0.05, 0) is 70.1 Å². The lowest BCUT2D eigenvalue weighted by Crippen LogP contribution is -2.57. The van der Waals surface area contributed by atoms with Crippen LogP contribution < -0.4 is 5.32 Å². The molecule has 4 N–H and O–H groups in total. The van der Waals surface area contributed by atoms with Crippen LogP contribution in [0.1, 0.15) is 86.6 Å². The predicted octanol–water partition coefficient (Wildman–Crippen LogP) is 6.16. The maximum atomic E-state index is 13.6. The van der Waals surface area contributed by atoms with Gasteiger partial charge in [-0.3, -0.25) is 4.79 Å². The first-order valence-electron chi connectivity index (χ1n) is 30.3. The Morgan fingerprint density at radius 1 is 0.674 bits per heavy atom. The van der Waals surface area contributed by atoms with Gasteiger partial charge in [0.25, 0.3) is 0 Å². The molecule has 4 fully saturated rings. The van der Waals surface area contributed by atoms with Crippen molar-refractivity contribution in [2.45, 2.75) is 172 Å². The topological polar surface area (TPSA) is 258 Å². The summed E-state index contributed by atoms with van der Waals surface area (Å²) >= 11 is 0. The third-order valence-electron chi connectivity index (χ3n) is 20.1. The Bertz CT molecular complexity index is 3030. The van der Waals surface area contributed by atoms with Crippen molar-refractivity contribution in [1.29, 1.82) is 0 Å². The molecular formula is C67H83NO18. The number of carbonyl (C=O) groups excluding carboxylic acids is 6. The zero-order valence-corrected chi connectivity index (χ0v) is 50.5. The number of ether oxygens (including phenoxy) is 9. The van der Waals surface area contributed by atoms with Gasteiger partial charge in [-0.1, -0.05) is 131 Å². The van der Waals surface area contributed by atoms with Crippen LogP contribution in [0.2, 0.25) is 0 Å². The van der Waals surface area contributed by atoms with Crippen LogP contribution >= 0.6 is 0 Å². The number of aliphatic hydroxyl groups is 3. The predicted molar refractivity (Wildman–Crippen MR) is 310 cm³/mol. The molecule has 8 bridgehead atoms. The van der Waals surface area contributed by atoms with Crippen molar-refractivity contribution >= 4 is 35.8 Å². The van der Waals surface area contributed by atoms with Gasteiger partial charge in [-0.2, -0.15) is 0 Å². The summed E-state index contributed by atoms with van der Waals surface area (Å²) in [5.74, 6) is -7.29. The lowest BCUT2D eigenvalue weighted by atomic mass is 9.57. The van der Waals surface area contributed by atoms with E-state index in [0.29, 0.717) is 24.0 Å². The number of benzene rings is 1. The molecule has 4 heterocycles. The Balaban J connectivity index is 0.000000198. The van der Waals surface area contributed by atoms with Crippen LogP contribution in [-0.2, 0) is 77.9 Å². The van der Waals surface area contributed by atoms with E-state index in [1.807, 2.05) is 120 Å². The smallest absolute Gasteiger partial charge is 0.397 e. The monoisotopic (exact) mass is 1190 g/mol. The van der Waals surface area contributed by atoms with Crippen LogP contribution in [0, 0.1) is 59.2 Å². The number of methoxy groups -OCH3 is 2. The summed E-state index contributed by atoms with van der Waals surface area (Å²) in [4.78, 5) is 78.2. The zero-order chi connectivity index (χ0) is 61.7. The molecule has 86 heavy (non-hydrogen) atoms. The van der Waals surface area contributed by atoms with E-state index >= 15 is 0 Å². The molecule has 2 saturated heterocycles. The van der Waals surface area contributed by atoms with Crippen molar-refractivity contribution in [3.63, 3.8) is 0 Å². The molecule has 24 atom stereocenters. The Hall–Kier alpha value is -6.32. The molecule has 1 aromatic carbocycles. The maximum absolute atomic E-state index is 13.6. The normalized spacial score (nSPS) is 41.7. The summed E-state index contributed by atoms with van der Waals surface area (Å²) < 4.78 is 54.5. The van der Waals surface area contributed by atoms with E-state index in [0.717, 1.165) is 16.7 Å². The molecule has 19 heteroatoms. The van der Waals surface area contributed by atoms with Crippen molar-refractivity contribution in [1.82, 2.24) is 5.32 Å². The second-order valence-corrected chi connectivity index (χ2v) is 25.2. The number of cyclic esters (lactones) is 2. The van der Waals surface area contributed by atoms with Gasteiger partial charge in [0.05, 0.1) is 18.3 Å². The van der Waals surface area contributed by atoms with E-state index < -0.39 is 126 Å². The van der Waals surface area contributed by atoms with Crippen molar-refractivity contribution in [3.8, 4) is 0 Å². The van der Waals surface area contributed by atoms with E-state index in [-0.39, 0.29) is 72.7 Å². The highest BCUT2D eigenvalue weighted by Gasteiger charge is 2.71. The van der Waals surface area contributed by atoms with Crippen LogP contribution in [0.5, 0.6) is 0 Å². The van der Waals surface area contributed by atoms with Crippen molar-refractivity contribution in [3.05, 3.63) is 131 Å². The van der Waals surface area contributed by atoms with Gasteiger partial charge in [0.1, 0.15) is 53.9 Å². The largest absolute Gasteiger partial charge is 0.457 e. The summed E-state index contributed by atoms with van der Waals surface area (Å²) in [7, 11) is 2.89. The first-order chi connectivity index (χ1) is 41.0. The van der Waals surface area contributed by atoms with E-state index in [9.17, 15) is 44.1 Å². The number of esters is 5. The summed E-state index contributed by atoms with van der Waals surface area (Å²) in [5.41, 5.74) is 1.72. The molecule has 19 nitrogen and oxygen atoms in total. The maximum Gasteiger partial charge on any atom is 0.397 e. The van der Waals surface area contributed by atoms with Gasteiger partial charge < -0.3 is 63.3 Å². The molecule has 10 aliphatic rings. The van der Waals surface area contributed by atoms with E-state index in [4.69, 9.17) is 42.6 Å². The molecule has 11 rings (SSSR count). The molecule has 4 aliphatic heterocycles. The van der Waals surface area contributed by atoms with Crippen molar-refractivity contribution in [2.75, 3.05) is 14.2 Å². The Kier molecular flexibility index (Phi) is 18.5. The van der Waals surface area contributed by atoms with Crippen LogP contribution in [0.15, 0.2) is 126 Å². The number of hydrogen-bond acceptors (Lipinski definition) is 18. The highest BCUT2D eigenvalue weighted by Crippen LogP contribution is 2.63. The molecule has 1 amide bonds. The summed E-state index contributed by atoms with van der Waals surface area (Å²) in [6, 6.07) is 9.16. The van der Waals surface area contributed by atoms with Gasteiger partial charge >= 0.3 is 35.8 Å². The van der Waals surface area contributed by atoms with Crippen LogP contribution in [0.3, 0.4) is 0 Å². The number of rotatable bonds is 11. The average molecular weight is 1190 g/mol. The summed E-state index contributed by atoms with van der Waals surface area (Å²) in [6.07, 6.45) is 15.1. The van der Waals surface area contributed by atoms with Crippen LogP contribution in [0.4, 0.5) is 0 Å². The average Bonchev–Trinajstić information content (AvgIpc) is 1.54. The number of nitrogens with one attached hydrogen (secondary N) is 1. The molecular weight excluding hydrogens is 1110 g/mol. The minimum absolute atomic E-state index is 0.149. The summed E-state index contributed by atoms with van der Waals surface area (Å²) in [5, 5.41) is 36.6. The van der Waals surface area contributed by atoms with Crippen LogP contribution in [-0.4, -0.2) is 150 Å². The minimum atomic E-state index is -1.10. The Morgan fingerprint density at radius 2 is 1.13 bits per heavy atom. The third kappa shape index (κ3) is 11.3. The Labute approximate surface area is 502 Å². The van der Waals surface area contributed by atoms with Gasteiger partial charge in [-0.15, -0.1) is 0 Å². The van der Waals surface area contributed by atoms with Gasteiger partial charge in [0, 0.05) is 91.1 Å². The Morgan fingerprint density at radius 3 is 1.56 bits per heavy atom. The van der Waals surface area contributed by atoms with Gasteiger partial charge in [0.2, 0.25) is 0 Å². The SMILES string of the molecule is CO[C@H]1C[C@H]2C=CC3C4[C@H](O)[C@@H](C)[C@@H](OC(=O)C5=CC=CC5)[C@@H]3O[C@]42/C(C)=C/[C@@H](C)[C@@H]([C@@H](C)O)OC1=O.CO[C@H]1C[C@H]2C=CC3C4[C@H](O)[C@@H](C)[C@@H](OC(=O)C5=CC=CC5)[C@@H]3O[C@]42/C(C)=C/[C@@H](C)[C@@H]([C@@H](C)OC(=O)C(=O)NCc2ccccc2)OC1=O. The van der Waals surface area contributed by atoms with E-state index in [1.54, 1.807) is 26.0 Å². The molecule has 1 aromatic rings. The molecule has 2 spiro atoms. The highest BCUT2D eigenvalue weighted by atomic mass is 16.6. The van der Waals surface area contributed by atoms with Crippen LogP contribution in [0.25, 0.3) is 0 Å². The first kappa shape index (κ1) is 62.7. The number of allylic oxidation sites excluding steroid dienone is 6. The first-order valence-corrected chi connectivity index (χ1v) is 30.3. The van der Waals surface area contributed by atoms with E-state index in [1.165, 1.54) is 14.2 Å². The second kappa shape index (κ2) is 25.4. The van der Waals surface area contributed by atoms with Crippen molar-refractivity contribution in [2.24, 2.45) is 59.2 Å². The standard InChI is InChI=1S/C38H45NO10.C29H38O8/c1-20-17-21(2)38-26(15-16-27-29(38)30(40)22(3)32(33(27)49-38)48-35(42)25-13-9-10-14-25)18-28(45-5)36(43)47-31(20)23(4)46-37(44)34(41)39-19-24-11-7-6-8-12-24;1-14-12-15(2)29-19(13-21(34-5)28(33)35-24(14)17(4)30)10-11-20-22(29)23(31)16(3)25(26(20)37-29)36-27(32)18-8-6-7-9-18/h6-13,15-17,20,22-23,26-33,40H,14,18-19H2,1-5H3,(H,39,41);6-8,10-12,14,16-17,19-26,30-31H,9,13H2,1-5H3/b21-17+;15-12+/t20-,22-,23-,26-,27?,28+,29?,30-,31+,32-,33-,38+;14-,16-,17-,19-,20?,21+,22?,23-,24+,25-,26-,29+/m11/s1. The zero-order valence-electron chi connectivity index (χ0n) is 50.5. The quantitative estimate of drug-likeness (QED) is 0.0837. The minimum Gasteiger partial charge on any atom is -0.457 e.